The molecule has 22 heavy (non-hydrogen) atoms. The standard InChI is InChI=1S/C16H16BrN3O2/c1-10(13-7-2-3-8-14(13)17)19-15(21)11-5-4-6-12(9-11)20-16(18)22/h2-10H,1H3,(H,19,21)(H3,18,20,22)/t10-/m1/s1. The van der Waals surface area contributed by atoms with E-state index >= 15 is 0 Å². The number of hydrogen-bond donors (Lipinski definition) is 3. The van der Waals surface area contributed by atoms with Crippen molar-refractivity contribution >= 4 is 33.6 Å². The lowest BCUT2D eigenvalue weighted by Gasteiger charge is -2.16. The van der Waals surface area contributed by atoms with Gasteiger partial charge < -0.3 is 16.4 Å². The maximum atomic E-state index is 12.3. The highest BCUT2D eigenvalue weighted by Crippen LogP contribution is 2.23. The molecule has 2 rings (SSSR count). The Hall–Kier alpha value is -2.34. The Labute approximate surface area is 137 Å². The van der Waals surface area contributed by atoms with Crippen LogP contribution < -0.4 is 16.4 Å². The highest BCUT2D eigenvalue weighted by Gasteiger charge is 2.13. The molecule has 0 fully saturated rings. The Bertz CT molecular complexity index is 703. The van der Waals surface area contributed by atoms with Crippen molar-refractivity contribution in [2.24, 2.45) is 5.73 Å². The van der Waals surface area contributed by atoms with Crippen LogP contribution in [0.2, 0.25) is 0 Å². The number of hydrogen-bond acceptors (Lipinski definition) is 2. The van der Waals surface area contributed by atoms with Crippen LogP contribution >= 0.6 is 15.9 Å². The minimum Gasteiger partial charge on any atom is -0.351 e. The van der Waals surface area contributed by atoms with Gasteiger partial charge in [-0.05, 0) is 36.8 Å². The molecular formula is C16H16BrN3O2. The van der Waals surface area contributed by atoms with Gasteiger partial charge in [-0.1, -0.05) is 40.2 Å². The second-order valence-electron chi connectivity index (χ2n) is 4.79. The minimum atomic E-state index is -0.667. The second kappa shape index (κ2) is 7.09. The third-order valence-corrected chi connectivity index (χ3v) is 3.83. The van der Waals surface area contributed by atoms with Crippen LogP contribution in [-0.2, 0) is 0 Å². The van der Waals surface area contributed by atoms with E-state index < -0.39 is 6.03 Å². The van der Waals surface area contributed by atoms with Crippen molar-refractivity contribution in [3.05, 3.63) is 64.1 Å². The van der Waals surface area contributed by atoms with E-state index in [1.165, 1.54) is 0 Å². The minimum absolute atomic E-state index is 0.157. The van der Waals surface area contributed by atoms with Crippen molar-refractivity contribution in [1.29, 1.82) is 0 Å². The van der Waals surface area contributed by atoms with Crippen molar-refractivity contribution < 1.29 is 9.59 Å². The largest absolute Gasteiger partial charge is 0.351 e. The molecule has 0 aliphatic heterocycles. The molecule has 2 aromatic rings. The normalized spacial score (nSPS) is 11.5. The monoisotopic (exact) mass is 361 g/mol. The van der Waals surface area contributed by atoms with Crippen LogP contribution in [0.25, 0.3) is 0 Å². The summed E-state index contributed by atoms with van der Waals surface area (Å²) in [4.78, 5) is 23.2. The quantitative estimate of drug-likeness (QED) is 0.779. The van der Waals surface area contributed by atoms with E-state index in [2.05, 4.69) is 26.6 Å². The molecule has 5 nitrogen and oxygen atoms in total. The third kappa shape index (κ3) is 4.08. The van der Waals surface area contributed by atoms with E-state index in [-0.39, 0.29) is 11.9 Å². The Morgan fingerprint density at radius 1 is 1.14 bits per heavy atom. The Morgan fingerprint density at radius 3 is 2.55 bits per heavy atom. The molecule has 0 aliphatic rings. The molecule has 0 radical (unpaired) electrons. The number of nitrogens with two attached hydrogens (primary N) is 1. The lowest BCUT2D eigenvalue weighted by molar-refractivity contribution is 0.0939. The van der Waals surface area contributed by atoms with E-state index in [4.69, 9.17) is 5.73 Å². The van der Waals surface area contributed by atoms with Crippen molar-refractivity contribution in [2.75, 3.05) is 5.32 Å². The van der Waals surface area contributed by atoms with Crippen LogP contribution in [-0.4, -0.2) is 11.9 Å². The highest BCUT2D eigenvalue weighted by atomic mass is 79.9. The van der Waals surface area contributed by atoms with Crippen LogP contribution in [0.1, 0.15) is 28.9 Å². The summed E-state index contributed by atoms with van der Waals surface area (Å²) < 4.78 is 0.937. The summed E-state index contributed by atoms with van der Waals surface area (Å²) in [6.07, 6.45) is 0. The molecule has 1 atom stereocenters. The smallest absolute Gasteiger partial charge is 0.316 e. The summed E-state index contributed by atoms with van der Waals surface area (Å²) in [5.74, 6) is -0.226. The van der Waals surface area contributed by atoms with E-state index in [1.54, 1.807) is 24.3 Å². The first-order valence-corrected chi connectivity index (χ1v) is 7.48. The molecule has 3 amide bonds. The fourth-order valence-electron chi connectivity index (χ4n) is 2.06. The van der Waals surface area contributed by atoms with Crippen molar-refractivity contribution in [3.8, 4) is 0 Å². The summed E-state index contributed by atoms with van der Waals surface area (Å²) in [5.41, 5.74) is 6.99. The Balaban J connectivity index is 2.12. The first-order valence-electron chi connectivity index (χ1n) is 6.69. The van der Waals surface area contributed by atoms with Crippen LogP contribution in [0, 0.1) is 0 Å². The van der Waals surface area contributed by atoms with E-state index in [1.807, 2.05) is 31.2 Å². The maximum Gasteiger partial charge on any atom is 0.316 e. The summed E-state index contributed by atoms with van der Waals surface area (Å²) in [5, 5.41) is 5.37. The summed E-state index contributed by atoms with van der Waals surface area (Å²) >= 11 is 3.47. The predicted octanol–water partition coefficient (Wildman–Crippen LogP) is 3.43. The number of rotatable bonds is 4. The van der Waals surface area contributed by atoms with Crippen molar-refractivity contribution in [2.45, 2.75) is 13.0 Å². The average Bonchev–Trinajstić information content (AvgIpc) is 2.47. The average molecular weight is 362 g/mol. The van der Waals surface area contributed by atoms with Gasteiger partial charge in [0.25, 0.3) is 5.91 Å². The second-order valence-corrected chi connectivity index (χ2v) is 5.64. The number of urea groups is 1. The Kier molecular flexibility index (Phi) is 5.16. The van der Waals surface area contributed by atoms with Crippen LogP contribution in [0.5, 0.6) is 0 Å². The van der Waals surface area contributed by atoms with Crippen LogP contribution in [0.4, 0.5) is 10.5 Å². The molecule has 0 unspecified atom stereocenters. The zero-order valence-corrected chi connectivity index (χ0v) is 13.6. The summed E-state index contributed by atoms with van der Waals surface area (Å²) in [6.45, 7) is 1.91. The van der Waals surface area contributed by atoms with E-state index in [0.717, 1.165) is 10.0 Å². The lowest BCUT2D eigenvalue weighted by atomic mass is 10.1. The first kappa shape index (κ1) is 16.0. The molecule has 6 heteroatoms. The first-order chi connectivity index (χ1) is 10.5. The van der Waals surface area contributed by atoms with Gasteiger partial charge in [-0.2, -0.15) is 0 Å². The zero-order chi connectivity index (χ0) is 16.1. The van der Waals surface area contributed by atoms with Gasteiger partial charge in [0.2, 0.25) is 0 Å². The number of carbonyl (C=O) groups is 2. The van der Waals surface area contributed by atoms with Gasteiger partial charge in [0.1, 0.15) is 0 Å². The summed E-state index contributed by atoms with van der Waals surface area (Å²) in [6, 6.07) is 13.5. The molecule has 0 aromatic heterocycles. The maximum absolute atomic E-state index is 12.3. The number of carbonyl (C=O) groups excluding carboxylic acids is 2. The molecular weight excluding hydrogens is 346 g/mol. The van der Waals surface area contributed by atoms with E-state index in [0.29, 0.717) is 11.3 Å². The lowest BCUT2D eigenvalue weighted by Crippen LogP contribution is -2.27. The molecule has 0 saturated heterocycles. The van der Waals surface area contributed by atoms with Gasteiger partial charge >= 0.3 is 6.03 Å². The van der Waals surface area contributed by atoms with Crippen molar-refractivity contribution in [3.63, 3.8) is 0 Å². The van der Waals surface area contributed by atoms with Gasteiger partial charge in [-0.3, -0.25) is 4.79 Å². The number of halogens is 1. The van der Waals surface area contributed by atoms with Crippen molar-refractivity contribution in [1.82, 2.24) is 5.32 Å². The summed E-state index contributed by atoms with van der Waals surface area (Å²) in [7, 11) is 0. The molecule has 0 aliphatic carbocycles. The number of primary amides is 1. The topological polar surface area (TPSA) is 84.2 Å². The SMILES string of the molecule is C[C@@H](NC(=O)c1cccc(NC(N)=O)c1)c1ccccc1Br. The third-order valence-electron chi connectivity index (χ3n) is 3.11. The zero-order valence-electron chi connectivity index (χ0n) is 12.0. The van der Waals surface area contributed by atoms with E-state index in [9.17, 15) is 9.59 Å². The molecule has 0 spiro atoms. The van der Waals surface area contributed by atoms with Crippen LogP contribution in [0.3, 0.4) is 0 Å². The van der Waals surface area contributed by atoms with Gasteiger partial charge in [0.15, 0.2) is 0 Å². The van der Waals surface area contributed by atoms with Gasteiger partial charge in [-0.15, -0.1) is 0 Å². The fourth-order valence-corrected chi connectivity index (χ4v) is 2.69. The van der Waals surface area contributed by atoms with Gasteiger partial charge in [-0.25, -0.2) is 4.79 Å². The number of nitrogens with one attached hydrogen (secondary N) is 2. The number of anilines is 1. The molecule has 114 valence electrons. The molecule has 0 heterocycles. The number of benzene rings is 2. The van der Waals surface area contributed by atoms with Gasteiger partial charge in [0, 0.05) is 15.7 Å². The molecule has 0 saturated carbocycles. The number of amides is 3. The predicted molar refractivity (Wildman–Crippen MR) is 89.7 cm³/mol. The highest BCUT2D eigenvalue weighted by molar-refractivity contribution is 9.10. The molecule has 4 N–H and O–H groups in total. The molecule has 0 bridgehead atoms. The fraction of sp³-hybridized carbons (Fsp3) is 0.125. The van der Waals surface area contributed by atoms with Crippen LogP contribution in [0.15, 0.2) is 53.0 Å². The molecule has 2 aromatic carbocycles. The van der Waals surface area contributed by atoms with Gasteiger partial charge in [0.05, 0.1) is 6.04 Å². The Morgan fingerprint density at radius 2 is 1.86 bits per heavy atom.